The molecule has 0 bridgehead atoms. The fraction of sp³-hybridized carbons (Fsp3) is 0.423. The maximum Gasteiger partial charge on any atom is 0.407 e. The van der Waals surface area contributed by atoms with Crippen LogP contribution in [-0.2, 0) is 19.1 Å². The lowest BCUT2D eigenvalue weighted by molar-refractivity contribution is -0.149. The molecule has 8 nitrogen and oxygen atoms in total. The Kier molecular flexibility index (Phi) is 6.00. The molecule has 2 aromatic rings. The number of aliphatic carboxylic acids is 1. The number of nitrogens with zero attached hydrogens (tertiary/aromatic N) is 1. The summed E-state index contributed by atoms with van der Waals surface area (Å²) in [5.74, 6) is -1.37. The number of carbonyl (C=O) groups excluding carboxylic acids is 2. The summed E-state index contributed by atoms with van der Waals surface area (Å²) in [6.07, 6.45) is 0.113. The number of hydrogen-bond acceptors (Lipinski definition) is 5. The quantitative estimate of drug-likeness (QED) is 0.681. The molecule has 1 unspecified atom stereocenters. The number of ether oxygens (including phenoxy) is 2. The van der Waals surface area contributed by atoms with Crippen LogP contribution in [0.1, 0.15) is 43.2 Å². The van der Waals surface area contributed by atoms with Crippen molar-refractivity contribution >= 4 is 18.0 Å². The standard InChI is InChI=1S/C26H28N2O6/c1-15(12-24(29)28-21-10-11-33-23(21)13-22(28)25(30)31)27-26(32)34-14-20-18-8-4-2-6-16(18)17-7-3-5-9-19(17)20/h2-9,15,20-23H,10-14H2,1H3,(H,27,32)(H,30,31)/t15-,21+,22?,23+/m0/s1. The van der Waals surface area contributed by atoms with E-state index in [4.69, 9.17) is 9.47 Å². The summed E-state index contributed by atoms with van der Waals surface area (Å²) in [6.45, 7) is 2.43. The van der Waals surface area contributed by atoms with Gasteiger partial charge in [-0.25, -0.2) is 9.59 Å². The number of nitrogens with one attached hydrogen (secondary N) is 1. The van der Waals surface area contributed by atoms with E-state index in [9.17, 15) is 19.5 Å². The zero-order valence-corrected chi connectivity index (χ0v) is 19.0. The highest BCUT2D eigenvalue weighted by Gasteiger charge is 2.49. The van der Waals surface area contributed by atoms with E-state index >= 15 is 0 Å². The third-order valence-electron chi connectivity index (χ3n) is 7.09. The first-order valence-electron chi connectivity index (χ1n) is 11.7. The second kappa shape index (κ2) is 9.10. The molecular formula is C26H28N2O6. The summed E-state index contributed by atoms with van der Waals surface area (Å²) in [5, 5.41) is 12.3. The lowest BCUT2D eigenvalue weighted by Crippen LogP contribution is -2.47. The van der Waals surface area contributed by atoms with Crippen LogP contribution < -0.4 is 5.32 Å². The molecule has 2 aliphatic heterocycles. The van der Waals surface area contributed by atoms with Gasteiger partial charge in [-0.1, -0.05) is 48.5 Å². The topological polar surface area (TPSA) is 105 Å². The molecule has 2 fully saturated rings. The Balaban J connectivity index is 1.18. The van der Waals surface area contributed by atoms with Gasteiger partial charge in [-0.2, -0.15) is 0 Å². The average Bonchev–Trinajstić information content (AvgIpc) is 3.49. The smallest absolute Gasteiger partial charge is 0.407 e. The zero-order valence-electron chi connectivity index (χ0n) is 19.0. The van der Waals surface area contributed by atoms with E-state index in [1.54, 1.807) is 6.92 Å². The van der Waals surface area contributed by atoms with E-state index in [-0.39, 0.29) is 37.0 Å². The second-order valence-corrected chi connectivity index (χ2v) is 9.23. The van der Waals surface area contributed by atoms with Crippen LogP contribution in [0.2, 0.25) is 0 Å². The van der Waals surface area contributed by atoms with Gasteiger partial charge in [0.1, 0.15) is 12.6 Å². The van der Waals surface area contributed by atoms with Crippen molar-refractivity contribution in [3.8, 4) is 11.1 Å². The molecule has 0 aromatic heterocycles. The molecule has 4 atom stereocenters. The Labute approximate surface area is 197 Å². The number of rotatable bonds is 6. The van der Waals surface area contributed by atoms with Crippen LogP contribution in [0, 0.1) is 0 Å². The van der Waals surface area contributed by atoms with Gasteiger partial charge in [0.15, 0.2) is 0 Å². The number of carboxylic acid groups (broad SMARTS) is 1. The predicted octanol–water partition coefficient (Wildman–Crippen LogP) is 3.15. The Morgan fingerprint density at radius 1 is 1.12 bits per heavy atom. The van der Waals surface area contributed by atoms with Crippen molar-refractivity contribution in [1.29, 1.82) is 0 Å². The van der Waals surface area contributed by atoms with Crippen molar-refractivity contribution in [1.82, 2.24) is 10.2 Å². The molecule has 34 heavy (non-hydrogen) atoms. The van der Waals surface area contributed by atoms with E-state index in [2.05, 4.69) is 29.6 Å². The Morgan fingerprint density at radius 2 is 1.76 bits per heavy atom. The minimum Gasteiger partial charge on any atom is -0.480 e. The lowest BCUT2D eigenvalue weighted by atomic mass is 9.98. The number of likely N-dealkylation sites (tertiary alicyclic amines) is 1. The molecule has 8 heteroatoms. The Hall–Kier alpha value is -3.39. The molecule has 1 aliphatic carbocycles. The summed E-state index contributed by atoms with van der Waals surface area (Å²) < 4.78 is 11.1. The summed E-state index contributed by atoms with van der Waals surface area (Å²) in [4.78, 5) is 38.6. The molecule has 2 heterocycles. The molecule has 0 spiro atoms. The van der Waals surface area contributed by atoms with Crippen molar-refractivity contribution in [2.75, 3.05) is 13.2 Å². The first kappa shape index (κ1) is 22.4. The summed E-state index contributed by atoms with van der Waals surface area (Å²) >= 11 is 0. The Bertz CT molecular complexity index is 1070. The van der Waals surface area contributed by atoms with Crippen LogP contribution in [-0.4, -0.2) is 65.4 Å². The van der Waals surface area contributed by atoms with Crippen molar-refractivity contribution in [3.63, 3.8) is 0 Å². The highest BCUT2D eigenvalue weighted by molar-refractivity contribution is 5.85. The van der Waals surface area contributed by atoms with E-state index in [1.807, 2.05) is 24.3 Å². The van der Waals surface area contributed by atoms with Crippen LogP contribution >= 0.6 is 0 Å². The second-order valence-electron chi connectivity index (χ2n) is 9.23. The van der Waals surface area contributed by atoms with Crippen LogP contribution in [0.3, 0.4) is 0 Å². The minimum atomic E-state index is -1.02. The normalized spacial score (nSPS) is 23.7. The van der Waals surface area contributed by atoms with E-state index < -0.39 is 24.1 Å². The predicted molar refractivity (Wildman–Crippen MR) is 123 cm³/mol. The summed E-state index contributed by atoms with van der Waals surface area (Å²) in [7, 11) is 0. The first-order valence-corrected chi connectivity index (χ1v) is 11.7. The molecular weight excluding hydrogens is 436 g/mol. The van der Waals surface area contributed by atoms with Gasteiger partial charge < -0.3 is 24.8 Å². The highest BCUT2D eigenvalue weighted by Crippen LogP contribution is 2.44. The number of alkyl carbamates (subject to hydrolysis) is 1. The van der Waals surface area contributed by atoms with E-state index in [0.717, 1.165) is 22.3 Å². The number of benzene rings is 2. The van der Waals surface area contributed by atoms with Gasteiger partial charge >= 0.3 is 12.1 Å². The van der Waals surface area contributed by atoms with Gasteiger partial charge in [-0.15, -0.1) is 0 Å². The van der Waals surface area contributed by atoms with Crippen molar-refractivity contribution in [3.05, 3.63) is 59.7 Å². The van der Waals surface area contributed by atoms with Crippen molar-refractivity contribution in [2.24, 2.45) is 0 Å². The molecule has 2 N–H and O–H groups in total. The molecule has 0 radical (unpaired) electrons. The molecule has 2 amide bonds. The number of fused-ring (bicyclic) bond motifs is 4. The molecule has 178 valence electrons. The fourth-order valence-corrected chi connectivity index (χ4v) is 5.58. The SMILES string of the molecule is C[C@@H](CC(=O)N1C(C(=O)O)C[C@H]2OCC[C@H]21)NC(=O)OCC1c2ccccc2-c2ccccc21. The van der Waals surface area contributed by atoms with Crippen LogP contribution in [0.5, 0.6) is 0 Å². The number of amides is 2. The number of carbonyl (C=O) groups is 3. The van der Waals surface area contributed by atoms with Gasteiger partial charge in [0.2, 0.25) is 5.91 Å². The highest BCUT2D eigenvalue weighted by atomic mass is 16.5. The lowest BCUT2D eigenvalue weighted by Gasteiger charge is -2.28. The molecule has 0 saturated carbocycles. The molecule has 5 rings (SSSR count). The Morgan fingerprint density at radius 3 is 2.41 bits per heavy atom. The zero-order chi connectivity index (χ0) is 23.8. The van der Waals surface area contributed by atoms with Crippen LogP contribution in [0.25, 0.3) is 11.1 Å². The average molecular weight is 465 g/mol. The van der Waals surface area contributed by atoms with Gasteiger partial charge in [0.25, 0.3) is 0 Å². The number of carboxylic acids is 1. The minimum absolute atomic E-state index is 0.00278. The summed E-state index contributed by atoms with van der Waals surface area (Å²) in [5.41, 5.74) is 4.56. The van der Waals surface area contributed by atoms with Crippen molar-refractivity contribution in [2.45, 2.75) is 56.3 Å². The van der Waals surface area contributed by atoms with Crippen LogP contribution in [0.4, 0.5) is 4.79 Å². The van der Waals surface area contributed by atoms with E-state index in [1.165, 1.54) is 4.90 Å². The summed E-state index contributed by atoms with van der Waals surface area (Å²) in [6, 6.07) is 14.6. The van der Waals surface area contributed by atoms with Crippen molar-refractivity contribution < 1.29 is 29.0 Å². The first-order chi connectivity index (χ1) is 16.4. The molecule has 2 saturated heterocycles. The van der Waals surface area contributed by atoms with E-state index in [0.29, 0.717) is 19.4 Å². The van der Waals surface area contributed by atoms with Gasteiger partial charge in [-0.05, 0) is 35.6 Å². The third kappa shape index (κ3) is 4.03. The molecule has 2 aromatic carbocycles. The fourth-order valence-electron chi connectivity index (χ4n) is 5.58. The monoisotopic (exact) mass is 464 g/mol. The van der Waals surface area contributed by atoms with Gasteiger partial charge in [0, 0.05) is 31.4 Å². The maximum atomic E-state index is 13.0. The van der Waals surface area contributed by atoms with Gasteiger partial charge in [0.05, 0.1) is 12.1 Å². The van der Waals surface area contributed by atoms with Crippen LogP contribution in [0.15, 0.2) is 48.5 Å². The number of hydrogen-bond donors (Lipinski definition) is 2. The largest absolute Gasteiger partial charge is 0.480 e. The third-order valence-corrected chi connectivity index (χ3v) is 7.09. The molecule has 3 aliphatic rings. The van der Waals surface area contributed by atoms with Gasteiger partial charge in [-0.3, -0.25) is 4.79 Å². The maximum absolute atomic E-state index is 13.0.